The first-order valence-corrected chi connectivity index (χ1v) is 9.14. The summed E-state index contributed by atoms with van der Waals surface area (Å²) >= 11 is 5.25. The fourth-order valence-electron chi connectivity index (χ4n) is 2.64. The van der Waals surface area contributed by atoms with Crippen molar-refractivity contribution in [3.8, 4) is 0 Å². The number of nitrogens with one attached hydrogen (secondary N) is 2. The van der Waals surface area contributed by atoms with Gasteiger partial charge in [-0.05, 0) is 54.5 Å². The maximum atomic E-state index is 13.8. The second-order valence-corrected chi connectivity index (χ2v) is 6.44. The Morgan fingerprint density at radius 1 is 1.11 bits per heavy atom. The first-order chi connectivity index (χ1) is 13.2. The van der Waals surface area contributed by atoms with Crippen molar-refractivity contribution in [3.05, 3.63) is 89.5 Å². The number of hydrazone groups is 1. The first-order valence-electron chi connectivity index (χ1n) is 8.73. The largest absolute Gasteiger partial charge is 0.342 e. The molecule has 1 aromatic heterocycles. The number of thiocarbonyl (C=S) groups is 1. The average Bonchev–Trinajstić information content (AvgIpc) is 3.11. The highest BCUT2D eigenvalue weighted by molar-refractivity contribution is 7.80. The van der Waals surface area contributed by atoms with Gasteiger partial charge in [0.2, 0.25) is 0 Å². The van der Waals surface area contributed by atoms with Gasteiger partial charge < -0.3 is 9.88 Å². The number of aromatic nitrogens is 1. The Kier molecular flexibility index (Phi) is 6.33. The van der Waals surface area contributed by atoms with Crippen molar-refractivity contribution in [2.75, 3.05) is 5.32 Å². The lowest BCUT2D eigenvalue weighted by Crippen LogP contribution is -2.24. The molecule has 6 heteroatoms. The lowest BCUT2D eigenvalue weighted by atomic mass is 10.1. The number of anilines is 1. The van der Waals surface area contributed by atoms with E-state index in [9.17, 15) is 4.39 Å². The van der Waals surface area contributed by atoms with Crippen molar-refractivity contribution < 1.29 is 4.39 Å². The second kappa shape index (κ2) is 9.09. The molecule has 0 saturated heterocycles. The van der Waals surface area contributed by atoms with Crippen LogP contribution in [0.1, 0.15) is 23.7 Å². The molecule has 0 spiro atoms. The summed E-state index contributed by atoms with van der Waals surface area (Å²) in [6, 6.07) is 18.6. The van der Waals surface area contributed by atoms with Crippen molar-refractivity contribution >= 4 is 29.2 Å². The van der Waals surface area contributed by atoms with Crippen LogP contribution >= 0.6 is 12.2 Å². The summed E-state index contributed by atoms with van der Waals surface area (Å²) in [5.74, 6) is -0.216. The molecule has 3 aromatic rings. The maximum Gasteiger partial charge on any atom is 0.191 e. The molecule has 0 aliphatic carbocycles. The van der Waals surface area contributed by atoms with E-state index in [2.05, 4.69) is 34.9 Å². The molecule has 0 radical (unpaired) electrons. The molecule has 2 N–H and O–H groups in total. The number of aryl methyl sites for hydroxylation is 1. The lowest BCUT2D eigenvalue weighted by Gasteiger charge is -2.09. The van der Waals surface area contributed by atoms with E-state index in [-0.39, 0.29) is 5.82 Å². The monoisotopic (exact) mass is 380 g/mol. The molecule has 3 rings (SSSR count). The summed E-state index contributed by atoms with van der Waals surface area (Å²) in [4.78, 5) is 0. The van der Waals surface area contributed by atoms with Crippen LogP contribution in [0.25, 0.3) is 0 Å². The molecular formula is C21H21FN4S. The second-order valence-electron chi connectivity index (χ2n) is 6.03. The highest BCUT2D eigenvalue weighted by Crippen LogP contribution is 2.11. The summed E-state index contributed by atoms with van der Waals surface area (Å²) in [6.45, 7) is 2.55. The predicted octanol–water partition coefficient (Wildman–Crippen LogP) is 4.56. The van der Waals surface area contributed by atoms with E-state index in [1.54, 1.807) is 18.3 Å². The van der Waals surface area contributed by atoms with Gasteiger partial charge in [-0.3, -0.25) is 5.43 Å². The van der Waals surface area contributed by atoms with Crippen molar-refractivity contribution in [3.63, 3.8) is 0 Å². The minimum absolute atomic E-state index is 0.216. The van der Waals surface area contributed by atoms with Crippen LogP contribution in [-0.4, -0.2) is 15.9 Å². The molecule has 0 atom stereocenters. The molecule has 4 nitrogen and oxygen atoms in total. The van der Waals surface area contributed by atoms with Gasteiger partial charge in [0, 0.05) is 17.4 Å². The maximum absolute atomic E-state index is 13.8. The van der Waals surface area contributed by atoms with Gasteiger partial charge in [-0.2, -0.15) is 5.10 Å². The lowest BCUT2D eigenvalue weighted by molar-refractivity contribution is 0.599. The molecule has 2 aromatic carbocycles. The van der Waals surface area contributed by atoms with Crippen LogP contribution in [0, 0.1) is 5.82 Å². The van der Waals surface area contributed by atoms with Crippen molar-refractivity contribution in [2.45, 2.75) is 19.9 Å². The van der Waals surface area contributed by atoms with Crippen LogP contribution in [-0.2, 0) is 13.0 Å². The third-order valence-corrected chi connectivity index (χ3v) is 4.34. The standard InChI is InChI=1S/C21H21FN4S/c1-2-16-9-11-18(12-10-16)24-21(27)25-23-14-19-7-5-13-26(19)15-17-6-3-4-8-20(17)22/h3-14H,2,15H2,1H3,(H2,24,25,27)/b23-14+. The Balaban J connectivity index is 1.57. The van der Waals surface area contributed by atoms with Crippen LogP contribution < -0.4 is 10.7 Å². The van der Waals surface area contributed by atoms with Crippen LogP contribution in [0.2, 0.25) is 0 Å². The highest BCUT2D eigenvalue weighted by atomic mass is 32.1. The van der Waals surface area contributed by atoms with Gasteiger partial charge >= 0.3 is 0 Å². The van der Waals surface area contributed by atoms with E-state index < -0.39 is 0 Å². The van der Waals surface area contributed by atoms with Gasteiger partial charge in [-0.1, -0.05) is 37.3 Å². The summed E-state index contributed by atoms with van der Waals surface area (Å²) in [6.07, 6.45) is 4.55. The Morgan fingerprint density at radius 2 is 1.89 bits per heavy atom. The zero-order chi connectivity index (χ0) is 19.1. The molecule has 27 heavy (non-hydrogen) atoms. The van der Waals surface area contributed by atoms with Gasteiger partial charge in [0.05, 0.1) is 18.5 Å². The molecule has 0 saturated carbocycles. The quantitative estimate of drug-likeness (QED) is 0.374. The van der Waals surface area contributed by atoms with Crippen molar-refractivity contribution in [1.82, 2.24) is 9.99 Å². The van der Waals surface area contributed by atoms with Crippen LogP contribution in [0.5, 0.6) is 0 Å². The molecule has 0 aliphatic rings. The van der Waals surface area contributed by atoms with Crippen LogP contribution in [0.15, 0.2) is 72.0 Å². The minimum atomic E-state index is -0.216. The number of rotatable bonds is 6. The predicted molar refractivity (Wildman–Crippen MR) is 113 cm³/mol. The Bertz CT molecular complexity index is 931. The zero-order valence-electron chi connectivity index (χ0n) is 15.0. The molecule has 0 fully saturated rings. The van der Waals surface area contributed by atoms with Gasteiger partial charge in [0.15, 0.2) is 5.11 Å². The number of halogens is 1. The van der Waals surface area contributed by atoms with E-state index in [0.717, 1.165) is 17.8 Å². The van der Waals surface area contributed by atoms with Crippen LogP contribution in [0.4, 0.5) is 10.1 Å². The Labute approximate surface area is 163 Å². The SMILES string of the molecule is CCc1ccc(NC(=S)N/N=C/c2cccn2Cc2ccccc2F)cc1. The highest BCUT2D eigenvalue weighted by Gasteiger charge is 2.04. The number of hydrogen-bond donors (Lipinski definition) is 2. The van der Waals surface area contributed by atoms with Gasteiger partial charge in [0.25, 0.3) is 0 Å². The van der Waals surface area contributed by atoms with E-state index in [1.807, 2.05) is 41.1 Å². The molecule has 0 unspecified atom stereocenters. The number of hydrogen-bond acceptors (Lipinski definition) is 2. The van der Waals surface area contributed by atoms with Crippen molar-refractivity contribution in [2.24, 2.45) is 5.10 Å². The number of benzene rings is 2. The minimum Gasteiger partial charge on any atom is -0.342 e. The van der Waals surface area contributed by atoms with Crippen LogP contribution in [0.3, 0.4) is 0 Å². The molecule has 0 aliphatic heterocycles. The van der Waals surface area contributed by atoms with Gasteiger partial charge in [0.1, 0.15) is 5.82 Å². The third kappa shape index (κ3) is 5.24. The fourth-order valence-corrected chi connectivity index (χ4v) is 2.81. The van der Waals surface area contributed by atoms with Crippen molar-refractivity contribution in [1.29, 1.82) is 0 Å². The Hall–Kier alpha value is -2.99. The summed E-state index contributed by atoms with van der Waals surface area (Å²) in [7, 11) is 0. The van der Waals surface area contributed by atoms with Gasteiger partial charge in [-0.25, -0.2) is 4.39 Å². The van der Waals surface area contributed by atoms with E-state index in [4.69, 9.17) is 12.2 Å². The molecule has 0 amide bonds. The third-order valence-electron chi connectivity index (χ3n) is 4.15. The summed E-state index contributed by atoms with van der Waals surface area (Å²) in [5.41, 5.74) is 6.46. The first kappa shape index (κ1) is 18.8. The normalized spacial score (nSPS) is 10.9. The number of nitrogens with zero attached hydrogens (tertiary/aromatic N) is 2. The topological polar surface area (TPSA) is 41.4 Å². The zero-order valence-corrected chi connectivity index (χ0v) is 15.8. The molecular weight excluding hydrogens is 359 g/mol. The average molecular weight is 380 g/mol. The van der Waals surface area contributed by atoms with E-state index in [1.165, 1.54) is 11.6 Å². The smallest absolute Gasteiger partial charge is 0.191 e. The molecule has 138 valence electrons. The Morgan fingerprint density at radius 3 is 2.63 bits per heavy atom. The van der Waals surface area contributed by atoms with Gasteiger partial charge in [-0.15, -0.1) is 0 Å². The van der Waals surface area contributed by atoms with E-state index >= 15 is 0 Å². The van der Waals surface area contributed by atoms with E-state index in [0.29, 0.717) is 17.2 Å². The molecule has 1 heterocycles. The molecule has 0 bridgehead atoms. The fraction of sp³-hybridized carbons (Fsp3) is 0.143. The summed E-state index contributed by atoms with van der Waals surface area (Å²) < 4.78 is 15.8. The summed E-state index contributed by atoms with van der Waals surface area (Å²) in [5, 5.41) is 7.67.